The molecular formula is C17H21N5O. The van der Waals surface area contributed by atoms with Crippen molar-refractivity contribution in [1.29, 1.82) is 0 Å². The normalized spacial score (nSPS) is 11.1. The number of methoxy groups -OCH3 is 1. The summed E-state index contributed by atoms with van der Waals surface area (Å²) in [4.78, 5) is 4.72. The van der Waals surface area contributed by atoms with Gasteiger partial charge in [0.25, 0.3) is 0 Å². The van der Waals surface area contributed by atoms with E-state index < -0.39 is 0 Å². The van der Waals surface area contributed by atoms with Gasteiger partial charge in [-0.3, -0.25) is 4.68 Å². The minimum absolute atomic E-state index is 0.273. The summed E-state index contributed by atoms with van der Waals surface area (Å²) in [7, 11) is 1.67. The second-order valence-electron chi connectivity index (χ2n) is 5.64. The molecule has 0 fully saturated rings. The largest absolute Gasteiger partial charge is 0.494 e. The van der Waals surface area contributed by atoms with E-state index in [4.69, 9.17) is 9.72 Å². The zero-order valence-electron chi connectivity index (χ0n) is 13.7. The number of ether oxygens (including phenoxy) is 1. The summed E-state index contributed by atoms with van der Waals surface area (Å²) < 4.78 is 9.25. The first-order valence-electron chi connectivity index (χ1n) is 7.75. The molecule has 3 aromatic rings. The maximum absolute atomic E-state index is 5.47. The summed E-state index contributed by atoms with van der Waals surface area (Å²) >= 11 is 0. The van der Waals surface area contributed by atoms with Gasteiger partial charge in [-0.05, 0) is 18.2 Å². The van der Waals surface area contributed by atoms with Crippen LogP contribution in [0.2, 0.25) is 0 Å². The van der Waals surface area contributed by atoms with E-state index in [0.717, 1.165) is 36.1 Å². The van der Waals surface area contributed by atoms with E-state index in [2.05, 4.69) is 24.0 Å². The summed E-state index contributed by atoms with van der Waals surface area (Å²) in [5.41, 5.74) is 0.907. The van der Waals surface area contributed by atoms with E-state index in [1.807, 2.05) is 45.9 Å². The van der Waals surface area contributed by atoms with Gasteiger partial charge in [0.2, 0.25) is 0 Å². The second-order valence-corrected chi connectivity index (χ2v) is 5.64. The molecule has 120 valence electrons. The number of aryl methyl sites for hydroxylation is 2. The van der Waals surface area contributed by atoms with Gasteiger partial charge in [0, 0.05) is 31.3 Å². The summed E-state index contributed by atoms with van der Waals surface area (Å²) in [6.07, 6.45) is 4.48. The van der Waals surface area contributed by atoms with Crippen molar-refractivity contribution in [3.8, 4) is 11.4 Å². The van der Waals surface area contributed by atoms with Crippen LogP contribution in [-0.4, -0.2) is 31.7 Å². The maximum Gasteiger partial charge on any atom is 0.153 e. The molecule has 6 nitrogen and oxygen atoms in total. The van der Waals surface area contributed by atoms with Crippen molar-refractivity contribution in [3.05, 3.63) is 54.4 Å². The van der Waals surface area contributed by atoms with Gasteiger partial charge in [-0.2, -0.15) is 10.2 Å². The molecule has 0 atom stereocenters. The molecular weight excluding hydrogens is 290 g/mol. The van der Waals surface area contributed by atoms with Crippen LogP contribution in [0.1, 0.15) is 31.4 Å². The van der Waals surface area contributed by atoms with E-state index in [9.17, 15) is 0 Å². The molecule has 0 saturated carbocycles. The van der Waals surface area contributed by atoms with Crippen molar-refractivity contribution in [2.24, 2.45) is 0 Å². The lowest BCUT2D eigenvalue weighted by molar-refractivity contribution is 0.411. The predicted molar refractivity (Wildman–Crippen MR) is 87.9 cm³/mol. The number of nitrogens with zero attached hydrogens (tertiary/aromatic N) is 5. The zero-order valence-corrected chi connectivity index (χ0v) is 13.7. The highest BCUT2D eigenvalue weighted by molar-refractivity contribution is 5.46. The molecule has 0 aliphatic heterocycles. The fraction of sp³-hybridized carbons (Fsp3) is 0.353. The Labute approximate surface area is 135 Å². The second kappa shape index (κ2) is 6.64. The van der Waals surface area contributed by atoms with Crippen LogP contribution >= 0.6 is 0 Å². The Balaban J connectivity index is 1.97. The predicted octanol–water partition coefficient (Wildman–Crippen LogP) is 2.84. The Morgan fingerprint density at radius 3 is 2.70 bits per heavy atom. The fourth-order valence-electron chi connectivity index (χ4n) is 2.41. The molecule has 0 aliphatic carbocycles. The number of rotatable bonds is 6. The minimum Gasteiger partial charge on any atom is -0.494 e. The first kappa shape index (κ1) is 15.3. The van der Waals surface area contributed by atoms with Gasteiger partial charge >= 0.3 is 0 Å². The van der Waals surface area contributed by atoms with E-state index in [1.165, 1.54) is 0 Å². The highest BCUT2D eigenvalue weighted by atomic mass is 16.5. The number of benzene rings is 1. The summed E-state index contributed by atoms with van der Waals surface area (Å²) in [6.45, 7) is 4.96. The van der Waals surface area contributed by atoms with E-state index in [0.29, 0.717) is 0 Å². The quantitative estimate of drug-likeness (QED) is 0.702. The van der Waals surface area contributed by atoms with Crippen LogP contribution in [0.15, 0.2) is 42.7 Å². The third kappa shape index (κ3) is 3.26. The Morgan fingerprint density at radius 1 is 1.17 bits per heavy atom. The monoisotopic (exact) mass is 311 g/mol. The average Bonchev–Trinajstić information content (AvgIpc) is 3.22. The topological polar surface area (TPSA) is 57.8 Å². The molecule has 0 amide bonds. The third-order valence-electron chi connectivity index (χ3n) is 3.64. The molecule has 0 spiro atoms. The van der Waals surface area contributed by atoms with Gasteiger partial charge in [0.15, 0.2) is 5.82 Å². The summed E-state index contributed by atoms with van der Waals surface area (Å²) in [5, 5.41) is 8.93. The minimum atomic E-state index is 0.273. The van der Waals surface area contributed by atoms with Crippen molar-refractivity contribution in [3.63, 3.8) is 0 Å². The molecule has 23 heavy (non-hydrogen) atoms. The molecule has 3 rings (SSSR count). The smallest absolute Gasteiger partial charge is 0.153 e. The van der Waals surface area contributed by atoms with Gasteiger partial charge in [-0.25, -0.2) is 9.67 Å². The van der Waals surface area contributed by atoms with Crippen LogP contribution in [0.4, 0.5) is 0 Å². The first-order valence-corrected chi connectivity index (χ1v) is 7.75. The standard InChI is InChI=1S/C17H21N5O/c1-13(2)17-19-16(9-12-21-11-6-10-18-21)22(20-17)14-7-4-5-8-15(14)23-3/h4-8,10-11,13H,9,12H2,1-3H3. The van der Waals surface area contributed by atoms with Gasteiger partial charge in [-0.1, -0.05) is 26.0 Å². The van der Waals surface area contributed by atoms with Crippen LogP contribution in [0.5, 0.6) is 5.75 Å². The molecule has 0 unspecified atom stereocenters. The van der Waals surface area contributed by atoms with Crippen molar-refractivity contribution < 1.29 is 4.74 Å². The van der Waals surface area contributed by atoms with Crippen molar-refractivity contribution in [2.75, 3.05) is 7.11 Å². The van der Waals surface area contributed by atoms with Crippen LogP contribution in [0.3, 0.4) is 0 Å². The molecule has 0 saturated heterocycles. The van der Waals surface area contributed by atoms with Gasteiger partial charge in [-0.15, -0.1) is 0 Å². The molecule has 0 bridgehead atoms. The Bertz CT molecular complexity index is 761. The van der Waals surface area contributed by atoms with E-state index in [1.54, 1.807) is 13.3 Å². The number of hydrogen-bond donors (Lipinski definition) is 0. The van der Waals surface area contributed by atoms with Gasteiger partial charge < -0.3 is 4.74 Å². The average molecular weight is 311 g/mol. The number of aromatic nitrogens is 5. The number of para-hydroxylation sites is 2. The lowest BCUT2D eigenvalue weighted by atomic mass is 10.2. The fourth-order valence-corrected chi connectivity index (χ4v) is 2.41. The Kier molecular flexibility index (Phi) is 4.41. The molecule has 0 radical (unpaired) electrons. The number of hydrogen-bond acceptors (Lipinski definition) is 4. The van der Waals surface area contributed by atoms with Crippen molar-refractivity contribution in [1.82, 2.24) is 24.5 Å². The van der Waals surface area contributed by atoms with Crippen LogP contribution in [0, 0.1) is 0 Å². The maximum atomic E-state index is 5.47. The molecule has 0 N–H and O–H groups in total. The highest BCUT2D eigenvalue weighted by Gasteiger charge is 2.16. The lowest BCUT2D eigenvalue weighted by Gasteiger charge is -2.10. The lowest BCUT2D eigenvalue weighted by Crippen LogP contribution is -2.09. The molecule has 2 aromatic heterocycles. The summed E-state index contributed by atoms with van der Waals surface area (Å²) in [6, 6.07) is 9.78. The third-order valence-corrected chi connectivity index (χ3v) is 3.64. The Morgan fingerprint density at radius 2 is 2.00 bits per heavy atom. The SMILES string of the molecule is COc1ccccc1-n1nc(C(C)C)nc1CCn1cccn1. The molecule has 0 aliphatic rings. The Hall–Kier alpha value is -2.63. The van der Waals surface area contributed by atoms with E-state index >= 15 is 0 Å². The molecule has 1 aromatic carbocycles. The van der Waals surface area contributed by atoms with Crippen molar-refractivity contribution in [2.45, 2.75) is 32.7 Å². The van der Waals surface area contributed by atoms with Gasteiger partial charge in [0.05, 0.1) is 7.11 Å². The summed E-state index contributed by atoms with van der Waals surface area (Å²) in [5.74, 6) is 2.81. The van der Waals surface area contributed by atoms with Crippen LogP contribution in [0.25, 0.3) is 5.69 Å². The van der Waals surface area contributed by atoms with Crippen LogP contribution in [-0.2, 0) is 13.0 Å². The molecule has 2 heterocycles. The molecule has 6 heteroatoms. The zero-order chi connectivity index (χ0) is 16.2. The first-order chi connectivity index (χ1) is 11.2. The van der Waals surface area contributed by atoms with Crippen molar-refractivity contribution >= 4 is 0 Å². The van der Waals surface area contributed by atoms with Crippen LogP contribution < -0.4 is 4.74 Å². The van der Waals surface area contributed by atoms with Gasteiger partial charge in [0.1, 0.15) is 17.3 Å². The highest BCUT2D eigenvalue weighted by Crippen LogP contribution is 2.24. The van der Waals surface area contributed by atoms with E-state index in [-0.39, 0.29) is 5.92 Å².